The van der Waals surface area contributed by atoms with E-state index < -0.39 is 0 Å². The Morgan fingerprint density at radius 3 is 2.39 bits per heavy atom. The highest BCUT2D eigenvalue weighted by Crippen LogP contribution is 2.47. The van der Waals surface area contributed by atoms with E-state index in [1.807, 2.05) is 23.1 Å². The number of rotatable bonds is 3. The lowest BCUT2D eigenvalue weighted by Gasteiger charge is -2.27. The Hall–Kier alpha value is -1.51. The van der Waals surface area contributed by atoms with Crippen LogP contribution in [0.2, 0.25) is 0 Å². The molecule has 1 heterocycles. The number of hydrogen-bond acceptors (Lipinski definition) is 2. The van der Waals surface area contributed by atoms with Crippen LogP contribution in [0.5, 0.6) is 0 Å². The Balaban J connectivity index is 2.68. The van der Waals surface area contributed by atoms with Gasteiger partial charge in [0.2, 0.25) is 5.91 Å². The molecule has 3 nitrogen and oxygen atoms in total. The molecule has 0 aliphatic carbocycles. The Kier molecular flexibility index (Phi) is 3.09. The summed E-state index contributed by atoms with van der Waals surface area (Å²) in [7, 11) is 0. The van der Waals surface area contributed by atoms with E-state index in [9.17, 15) is 4.79 Å². The third kappa shape index (κ3) is 1.53. The number of carbonyl (C=O) groups is 1. The second-order valence-corrected chi connectivity index (χ2v) is 5.33. The van der Waals surface area contributed by atoms with Gasteiger partial charge in [-0.3, -0.25) is 4.79 Å². The van der Waals surface area contributed by atoms with Gasteiger partial charge in [0.1, 0.15) is 0 Å². The average molecular weight is 246 g/mol. The van der Waals surface area contributed by atoms with Crippen LogP contribution in [-0.2, 0) is 10.2 Å². The molecular weight excluding hydrogens is 224 g/mol. The number of amides is 1. The van der Waals surface area contributed by atoms with Gasteiger partial charge in [-0.15, -0.1) is 0 Å². The highest BCUT2D eigenvalue weighted by atomic mass is 16.2. The van der Waals surface area contributed by atoms with Crippen molar-refractivity contribution in [2.75, 3.05) is 10.6 Å². The molecule has 1 amide bonds. The molecule has 2 rings (SSSR count). The largest absolute Gasteiger partial charge is 0.399 e. The fourth-order valence-electron chi connectivity index (χ4n) is 3.05. The van der Waals surface area contributed by atoms with E-state index in [1.165, 1.54) is 0 Å². The molecule has 0 saturated heterocycles. The van der Waals surface area contributed by atoms with Crippen LogP contribution in [0.25, 0.3) is 0 Å². The van der Waals surface area contributed by atoms with Gasteiger partial charge in [-0.2, -0.15) is 0 Å². The first-order valence-electron chi connectivity index (χ1n) is 6.71. The Bertz CT molecular complexity index is 475. The van der Waals surface area contributed by atoms with Crippen molar-refractivity contribution in [2.24, 2.45) is 0 Å². The van der Waals surface area contributed by atoms with Crippen molar-refractivity contribution >= 4 is 17.3 Å². The maximum Gasteiger partial charge on any atom is 0.237 e. The summed E-state index contributed by atoms with van der Waals surface area (Å²) in [4.78, 5) is 14.7. The Labute approximate surface area is 109 Å². The van der Waals surface area contributed by atoms with Gasteiger partial charge < -0.3 is 10.6 Å². The van der Waals surface area contributed by atoms with E-state index in [1.54, 1.807) is 0 Å². The molecule has 0 saturated carbocycles. The molecule has 1 aliphatic rings. The van der Waals surface area contributed by atoms with Crippen LogP contribution in [0.1, 0.15) is 46.1 Å². The summed E-state index contributed by atoms with van der Waals surface area (Å²) in [5.41, 5.74) is 8.39. The first-order chi connectivity index (χ1) is 8.47. The lowest BCUT2D eigenvalue weighted by molar-refractivity contribution is -0.123. The number of hydrogen-bond donors (Lipinski definition) is 1. The molecule has 98 valence electrons. The maximum absolute atomic E-state index is 12.8. The smallest absolute Gasteiger partial charge is 0.237 e. The van der Waals surface area contributed by atoms with E-state index in [4.69, 9.17) is 5.73 Å². The van der Waals surface area contributed by atoms with Crippen molar-refractivity contribution in [2.45, 2.75) is 52.0 Å². The summed E-state index contributed by atoms with van der Waals surface area (Å²) in [5.74, 6) is 0.225. The summed E-state index contributed by atoms with van der Waals surface area (Å²) in [6, 6.07) is 6.01. The number of nitrogens with two attached hydrogens (primary N) is 1. The van der Waals surface area contributed by atoms with Crippen LogP contribution >= 0.6 is 0 Å². The monoisotopic (exact) mass is 246 g/mol. The van der Waals surface area contributed by atoms with E-state index in [2.05, 4.69) is 27.7 Å². The minimum Gasteiger partial charge on any atom is -0.399 e. The van der Waals surface area contributed by atoms with Crippen molar-refractivity contribution in [3.05, 3.63) is 23.8 Å². The van der Waals surface area contributed by atoms with E-state index in [0.717, 1.165) is 29.8 Å². The number of benzene rings is 1. The minimum atomic E-state index is -0.380. The first-order valence-corrected chi connectivity index (χ1v) is 6.71. The van der Waals surface area contributed by atoms with Gasteiger partial charge in [0.25, 0.3) is 0 Å². The molecule has 18 heavy (non-hydrogen) atoms. The summed E-state index contributed by atoms with van der Waals surface area (Å²) in [5, 5.41) is 0. The number of fused-ring (bicyclic) bond motifs is 1. The topological polar surface area (TPSA) is 46.3 Å². The molecule has 1 aliphatic heterocycles. The molecule has 0 atom stereocenters. The SMILES string of the molecule is CCC1(CC)C(=O)N(C(C)C)c2ccc(N)cc21. The van der Waals surface area contributed by atoms with E-state index >= 15 is 0 Å². The summed E-state index contributed by atoms with van der Waals surface area (Å²) in [6.45, 7) is 8.27. The van der Waals surface area contributed by atoms with Crippen molar-refractivity contribution in [1.29, 1.82) is 0 Å². The fraction of sp³-hybridized carbons (Fsp3) is 0.533. The standard InChI is InChI=1S/C15H22N2O/c1-5-15(6-2)12-9-11(16)7-8-13(12)17(10(3)4)14(15)18/h7-10H,5-6,16H2,1-4H3. The molecular formula is C15H22N2O. The predicted molar refractivity (Wildman–Crippen MR) is 75.7 cm³/mol. The maximum atomic E-state index is 12.8. The second-order valence-electron chi connectivity index (χ2n) is 5.33. The Morgan fingerprint density at radius 2 is 1.89 bits per heavy atom. The predicted octanol–water partition coefficient (Wildman–Crippen LogP) is 3.08. The fourth-order valence-corrected chi connectivity index (χ4v) is 3.05. The second kappa shape index (κ2) is 4.30. The highest BCUT2D eigenvalue weighted by Gasteiger charge is 2.48. The molecule has 1 aromatic carbocycles. The molecule has 0 fully saturated rings. The average Bonchev–Trinajstić information content (AvgIpc) is 2.57. The lowest BCUT2D eigenvalue weighted by Crippen LogP contribution is -2.42. The van der Waals surface area contributed by atoms with Gasteiger partial charge in [0.05, 0.1) is 5.41 Å². The van der Waals surface area contributed by atoms with Crippen molar-refractivity contribution in [1.82, 2.24) is 0 Å². The quantitative estimate of drug-likeness (QED) is 0.833. The molecule has 0 radical (unpaired) electrons. The van der Waals surface area contributed by atoms with Crippen molar-refractivity contribution < 1.29 is 4.79 Å². The van der Waals surface area contributed by atoms with Crippen LogP contribution in [0.15, 0.2) is 18.2 Å². The number of anilines is 2. The Morgan fingerprint density at radius 1 is 1.28 bits per heavy atom. The third-order valence-electron chi connectivity index (χ3n) is 4.15. The molecule has 0 bridgehead atoms. The molecule has 0 unspecified atom stereocenters. The van der Waals surface area contributed by atoms with Gasteiger partial charge >= 0.3 is 0 Å². The molecule has 3 heteroatoms. The minimum absolute atomic E-state index is 0.180. The first kappa shape index (κ1) is 12.9. The summed E-state index contributed by atoms with van der Waals surface area (Å²) < 4.78 is 0. The molecule has 0 aromatic heterocycles. The molecule has 1 aromatic rings. The van der Waals surface area contributed by atoms with Crippen molar-refractivity contribution in [3.63, 3.8) is 0 Å². The number of nitrogens with zero attached hydrogens (tertiary/aromatic N) is 1. The van der Waals surface area contributed by atoms with Crippen LogP contribution in [0.3, 0.4) is 0 Å². The summed E-state index contributed by atoms with van der Waals surface area (Å²) in [6.07, 6.45) is 1.64. The zero-order chi connectivity index (χ0) is 13.5. The van der Waals surface area contributed by atoms with Gasteiger partial charge in [0, 0.05) is 17.4 Å². The number of carbonyl (C=O) groups excluding carboxylic acids is 1. The highest BCUT2D eigenvalue weighted by molar-refractivity contribution is 6.08. The van der Waals surface area contributed by atoms with Crippen LogP contribution < -0.4 is 10.6 Å². The zero-order valence-corrected chi connectivity index (χ0v) is 11.7. The summed E-state index contributed by atoms with van der Waals surface area (Å²) >= 11 is 0. The van der Waals surface area contributed by atoms with Gasteiger partial charge in [0.15, 0.2) is 0 Å². The van der Waals surface area contributed by atoms with Crippen molar-refractivity contribution in [3.8, 4) is 0 Å². The number of nitrogen functional groups attached to an aromatic ring is 1. The van der Waals surface area contributed by atoms with Gasteiger partial charge in [-0.25, -0.2) is 0 Å². The van der Waals surface area contributed by atoms with Gasteiger partial charge in [-0.1, -0.05) is 13.8 Å². The van der Waals surface area contributed by atoms with Crippen LogP contribution in [-0.4, -0.2) is 11.9 Å². The van der Waals surface area contributed by atoms with Crippen LogP contribution in [0.4, 0.5) is 11.4 Å². The van der Waals surface area contributed by atoms with E-state index in [0.29, 0.717) is 0 Å². The lowest BCUT2D eigenvalue weighted by atomic mass is 9.77. The van der Waals surface area contributed by atoms with Gasteiger partial charge in [-0.05, 0) is 50.5 Å². The molecule has 2 N–H and O–H groups in total. The normalized spacial score (nSPS) is 17.4. The van der Waals surface area contributed by atoms with E-state index in [-0.39, 0.29) is 17.4 Å². The van der Waals surface area contributed by atoms with Crippen LogP contribution in [0, 0.1) is 0 Å². The zero-order valence-electron chi connectivity index (χ0n) is 11.7. The third-order valence-corrected chi connectivity index (χ3v) is 4.15. The molecule has 0 spiro atoms.